The first kappa shape index (κ1) is 21.3. The van der Waals surface area contributed by atoms with E-state index in [9.17, 15) is 15.0 Å². The summed E-state index contributed by atoms with van der Waals surface area (Å²) in [5.41, 5.74) is 0. The van der Waals surface area contributed by atoms with Crippen molar-refractivity contribution in [1.29, 1.82) is 0 Å². The lowest BCUT2D eigenvalue weighted by Gasteiger charge is -2.42. The van der Waals surface area contributed by atoms with Crippen molar-refractivity contribution in [3.8, 4) is 0 Å². The summed E-state index contributed by atoms with van der Waals surface area (Å²) in [6.07, 6.45) is 4.70. The molecular weight excluding hydrogens is 286 g/mol. The second-order valence-electron chi connectivity index (χ2n) is 6.17. The van der Waals surface area contributed by atoms with E-state index in [1.165, 1.54) is 19.3 Å². The minimum absolute atomic E-state index is 0. The topological polar surface area (TPSA) is 110 Å². The molecule has 2 unspecified atom stereocenters. The van der Waals surface area contributed by atoms with E-state index in [0.717, 1.165) is 12.8 Å². The number of hydrogen-bond acceptors (Lipinski definition) is 4. The van der Waals surface area contributed by atoms with Crippen molar-refractivity contribution in [3.05, 3.63) is 0 Å². The average Bonchev–Trinajstić information content (AvgIpc) is 2.47. The van der Waals surface area contributed by atoms with Crippen molar-refractivity contribution in [3.63, 3.8) is 0 Å². The van der Waals surface area contributed by atoms with Crippen LogP contribution in [0.25, 0.3) is 0 Å². The van der Waals surface area contributed by atoms with E-state index >= 15 is 0 Å². The Hall–Kier alpha value is -0.690. The smallest absolute Gasteiger partial charge is 0.220 e. The summed E-state index contributed by atoms with van der Waals surface area (Å²) in [4.78, 5) is 12.0. The molecule has 6 nitrogen and oxygen atoms in total. The molecule has 22 heavy (non-hydrogen) atoms. The number of unbranched alkanes of at least 4 members (excludes halogenated alkanes) is 4. The molecule has 5 atom stereocenters. The molecule has 1 aliphatic heterocycles. The van der Waals surface area contributed by atoms with Gasteiger partial charge in [-0.3, -0.25) is 4.79 Å². The number of hydrogen-bond donors (Lipinski definition) is 3. The monoisotopic (exact) mass is 319 g/mol. The van der Waals surface area contributed by atoms with E-state index < -0.39 is 12.1 Å². The zero-order valence-corrected chi connectivity index (χ0v) is 14.0. The van der Waals surface area contributed by atoms with Gasteiger partial charge in [0.2, 0.25) is 5.91 Å². The maximum atomic E-state index is 12.0. The predicted octanol–water partition coefficient (Wildman–Crippen LogP) is 0.784. The van der Waals surface area contributed by atoms with E-state index in [1.807, 2.05) is 13.8 Å². The number of nitrogens with one attached hydrogen (secondary N) is 1. The van der Waals surface area contributed by atoms with Gasteiger partial charge < -0.3 is 25.7 Å². The van der Waals surface area contributed by atoms with Crippen LogP contribution in [0.1, 0.15) is 59.3 Å². The van der Waals surface area contributed by atoms with Gasteiger partial charge in [0.25, 0.3) is 0 Å². The second-order valence-corrected chi connectivity index (χ2v) is 6.17. The van der Waals surface area contributed by atoms with Gasteiger partial charge in [-0.05, 0) is 13.3 Å². The number of ether oxygens (including phenoxy) is 1. The Morgan fingerprint density at radius 2 is 1.82 bits per heavy atom. The van der Waals surface area contributed by atoms with E-state index in [1.54, 1.807) is 0 Å². The van der Waals surface area contributed by atoms with Gasteiger partial charge in [-0.2, -0.15) is 0 Å². The molecule has 1 rings (SSSR count). The zero-order valence-electron chi connectivity index (χ0n) is 14.0. The SMILES string of the molecule is CCCCCCCC(=O)NC1[C@H](C)OC(CO)[C@@H](C)[C@H]1O.O. The first-order valence-electron chi connectivity index (χ1n) is 8.25. The maximum Gasteiger partial charge on any atom is 0.220 e. The lowest BCUT2D eigenvalue weighted by molar-refractivity contribution is -0.161. The second kappa shape index (κ2) is 10.9. The third-order valence-corrected chi connectivity index (χ3v) is 4.40. The van der Waals surface area contributed by atoms with Crippen LogP contribution in [0.4, 0.5) is 0 Å². The Bertz CT molecular complexity index is 313. The van der Waals surface area contributed by atoms with Crippen LogP contribution in [0.15, 0.2) is 0 Å². The summed E-state index contributed by atoms with van der Waals surface area (Å²) in [6.45, 7) is 5.71. The minimum Gasteiger partial charge on any atom is -0.412 e. The van der Waals surface area contributed by atoms with Crippen molar-refractivity contribution < 1.29 is 25.2 Å². The standard InChI is InChI=1S/C16H31NO4.H2O/c1-4-5-6-7-8-9-14(19)17-15-12(3)21-13(10-18)11(2)16(15)20;/h11-13,15-16,18,20H,4-10H2,1-3H3,(H,17,19);1H2/t11-,12+,13?,15?,16-;/m1./s1. The normalized spacial score (nSPS) is 31.4. The van der Waals surface area contributed by atoms with Crippen LogP contribution >= 0.6 is 0 Å². The van der Waals surface area contributed by atoms with Crippen LogP contribution in [-0.4, -0.2) is 52.6 Å². The first-order valence-corrected chi connectivity index (χ1v) is 8.25. The highest BCUT2D eigenvalue weighted by Gasteiger charge is 2.41. The molecule has 1 amide bonds. The lowest BCUT2D eigenvalue weighted by atomic mass is 9.87. The molecule has 1 fully saturated rings. The van der Waals surface area contributed by atoms with Crippen LogP contribution in [0, 0.1) is 5.92 Å². The van der Waals surface area contributed by atoms with E-state index in [2.05, 4.69) is 12.2 Å². The third kappa shape index (κ3) is 6.20. The van der Waals surface area contributed by atoms with E-state index in [-0.39, 0.29) is 36.1 Å². The summed E-state index contributed by atoms with van der Waals surface area (Å²) >= 11 is 0. The third-order valence-electron chi connectivity index (χ3n) is 4.40. The average molecular weight is 319 g/mol. The van der Waals surface area contributed by atoms with Gasteiger partial charge in [0.05, 0.1) is 31.0 Å². The van der Waals surface area contributed by atoms with Gasteiger partial charge in [-0.1, -0.05) is 39.5 Å². The van der Waals surface area contributed by atoms with Crippen molar-refractivity contribution in [2.75, 3.05) is 6.61 Å². The highest BCUT2D eigenvalue weighted by molar-refractivity contribution is 5.76. The molecule has 5 N–H and O–H groups in total. The van der Waals surface area contributed by atoms with Gasteiger partial charge >= 0.3 is 0 Å². The maximum absolute atomic E-state index is 12.0. The highest BCUT2D eigenvalue weighted by Crippen LogP contribution is 2.25. The molecule has 0 bridgehead atoms. The molecule has 1 aliphatic rings. The predicted molar refractivity (Wildman–Crippen MR) is 85.5 cm³/mol. The number of aliphatic hydroxyl groups is 2. The van der Waals surface area contributed by atoms with Crippen molar-refractivity contribution in [2.24, 2.45) is 5.92 Å². The fourth-order valence-corrected chi connectivity index (χ4v) is 2.87. The highest BCUT2D eigenvalue weighted by atomic mass is 16.5. The van der Waals surface area contributed by atoms with Crippen molar-refractivity contribution in [2.45, 2.75) is 83.6 Å². The van der Waals surface area contributed by atoms with Crippen LogP contribution in [0.5, 0.6) is 0 Å². The quantitative estimate of drug-likeness (QED) is 0.574. The Labute approximate surface area is 133 Å². The molecule has 132 valence electrons. The van der Waals surface area contributed by atoms with Gasteiger partial charge in [0.1, 0.15) is 0 Å². The van der Waals surface area contributed by atoms with E-state index in [4.69, 9.17) is 4.74 Å². The number of carbonyl (C=O) groups excluding carboxylic acids is 1. The first-order chi connectivity index (χ1) is 10.0. The molecule has 0 aromatic carbocycles. The van der Waals surface area contributed by atoms with Crippen LogP contribution in [-0.2, 0) is 9.53 Å². The Balaban J connectivity index is 0.00000441. The molecule has 0 radical (unpaired) electrons. The zero-order chi connectivity index (χ0) is 15.8. The van der Waals surface area contributed by atoms with Crippen molar-refractivity contribution in [1.82, 2.24) is 5.32 Å². The van der Waals surface area contributed by atoms with Crippen LogP contribution in [0.3, 0.4) is 0 Å². The summed E-state index contributed by atoms with van der Waals surface area (Å²) in [7, 11) is 0. The van der Waals surface area contributed by atoms with Crippen LogP contribution in [0.2, 0.25) is 0 Å². The number of carbonyl (C=O) groups is 1. The summed E-state index contributed by atoms with van der Waals surface area (Å²) in [5, 5.41) is 22.4. The molecule has 0 aliphatic carbocycles. The van der Waals surface area contributed by atoms with Gasteiger partial charge in [0.15, 0.2) is 0 Å². The molecule has 1 saturated heterocycles. The van der Waals surface area contributed by atoms with Gasteiger partial charge in [-0.25, -0.2) is 0 Å². The summed E-state index contributed by atoms with van der Waals surface area (Å²) in [5.74, 6) is -0.221. The molecule has 6 heteroatoms. The summed E-state index contributed by atoms with van der Waals surface area (Å²) in [6, 6.07) is -0.397. The van der Waals surface area contributed by atoms with E-state index in [0.29, 0.717) is 6.42 Å². The molecule has 1 heterocycles. The molecule has 0 aromatic rings. The van der Waals surface area contributed by atoms with Gasteiger partial charge in [-0.15, -0.1) is 0 Å². The summed E-state index contributed by atoms with van der Waals surface area (Å²) < 4.78 is 5.66. The fourth-order valence-electron chi connectivity index (χ4n) is 2.87. The van der Waals surface area contributed by atoms with Gasteiger partial charge in [0, 0.05) is 12.3 Å². The molecule has 0 aromatic heterocycles. The van der Waals surface area contributed by atoms with Crippen LogP contribution < -0.4 is 5.32 Å². The molecule has 0 spiro atoms. The molecular formula is C16H33NO5. The number of aliphatic hydroxyl groups excluding tert-OH is 2. The lowest BCUT2D eigenvalue weighted by Crippen LogP contribution is -2.60. The minimum atomic E-state index is -0.685. The molecule has 0 saturated carbocycles. The van der Waals surface area contributed by atoms with Crippen molar-refractivity contribution >= 4 is 5.91 Å². The number of amides is 1. The Kier molecular flexibility index (Phi) is 10.6. The Morgan fingerprint density at radius 1 is 1.18 bits per heavy atom. The number of rotatable bonds is 8. The largest absolute Gasteiger partial charge is 0.412 e. The Morgan fingerprint density at radius 3 is 2.41 bits per heavy atom. The fraction of sp³-hybridized carbons (Fsp3) is 0.938.